The molecule has 198 valence electrons. The summed E-state index contributed by atoms with van der Waals surface area (Å²) in [6, 6.07) is 4.28. The molecule has 0 bridgehead atoms. The molecule has 2 fully saturated rings. The smallest absolute Gasteiger partial charge is 0.293 e. The number of benzene rings is 1. The Morgan fingerprint density at radius 2 is 1.57 bits per heavy atom. The second-order valence-corrected chi connectivity index (χ2v) is 10.5. The maximum absolute atomic E-state index is 13.3. The number of hydrazine groups is 1. The minimum atomic E-state index is -4.04. The molecule has 3 N–H and O–H groups in total. The van der Waals surface area contributed by atoms with E-state index in [1.807, 2.05) is 4.90 Å². The summed E-state index contributed by atoms with van der Waals surface area (Å²) in [6.07, 6.45) is 3.26. The number of nitro groups is 1. The summed E-state index contributed by atoms with van der Waals surface area (Å²) in [6.45, 7) is 4.87. The number of hydrogen-bond donors (Lipinski definition) is 3. The number of anilines is 1. The standard InChI is InChI=1S/C22H38N6O6S/c1-33-15-13-26(18-5-9-23-10-6-18)21-4-3-20(17-22(21)28(29)30)35(31,32)25-27(14-16-34-2)19-7-11-24-12-8-19/h3-4,17-19,23-25H,5-16H2,1-2H3. The summed E-state index contributed by atoms with van der Waals surface area (Å²) in [5.41, 5.74) is 0.181. The number of nitrogens with zero attached hydrogens (tertiary/aromatic N) is 3. The quantitative estimate of drug-likeness (QED) is 0.255. The van der Waals surface area contributed by atoms with Crippen LogP contribution in [0.25, 0.3) is 0 Å². The number of hydrogen-bond acceptors (Lipinski definition) is 10. The fourth-order valence-corrected chi connectivity index (χ4v) is 5.85. The van der Waals surface area contributed by atoms with Crippen molar-refractivity contribution >= 4 is 21.4 Å². The van der Waals surface area contributed by atoms with Crippen LogP contribution in [0.15, 0.2) is 23.1 Å². The molecule has 1 aromatic rings. The molecule has 0 amide bonds. The van der Waals surface area contributed by atoms with Crippen LogP contribution >= 0.6 is 0 Å². The van der Waals surface area contributed by atoms with Gasteiger partial charge in [0.25, 0.3) is 15.7 Å². The van der Waals surface area contributed by atoms with Crippen LogP contribution in [0.2, 0.25) is 0 Å². The molecule has 0 aromatic heterocycles. The van der Waals surface area contributed by atoms with Gasteiger partial charge in [-0.15, -0.1) is 4.83 Å². The van der Waals surface area contributed by atoms with Gasteiger partial charge in [0.1, 0.15) is 5.69 Å². The minimum absolute atomic E-state index is 0.0138. The van der Waals surface area contributed by atoms with Crippen LogP contribution in [0.4, 0.5) is 11.4 Å². The van der Waals surface area contributed by atoms with Crippen molar-refractivity contribution in [3.63, 3.8) is 0 Å². The molecule has 0 radical (unpaired) electrons. The topological polar surface area (TPSA) is 138 Å². The van der Waals surface area contributed by atoms with Gasteiger partial charge in [0, 0.05) is 45.5 Å². The molecule has 12 nitrogen and oxygen atoms in total. The van der Waals surface area contributed by atoms with Crippen LogP contribution in [0.3, 0.4) is 0 Å². The molecule has 3 rings (SSSR count). The highest BCUT2D eigenvalue weighted by atomic mass is 32.2. The molecular formula is C22H38N6O6S. The molecule has 35 heavy (non-hydrogen) atoms. The molecule has 2 heterocycles. The fraction of sp³-hybridized carbons (Fsp3) is 0.727. The zero-order chi connectivity index (χ0) is 25.3. The molecule has 2 aliphatic heterocycles. The fourth-order valence-electron chi connectivity index (χ4n) is 4.69. The predicted octanol–water partition coefficient (Wildman–Crippen LogP) is 0.693. The summed E-state index contributed by atoms with van der Waals surface area (Å²) in [7, 11) is -0.881. The van der Waals surface area contributed by atoms with Gasteiger partial charge in [-0.25, -0.2) is 13.4 Å². The summed E-state index contributed by atoms with van der Waals surface area (Å²) in [5, 5.41) is 20.3. The first-order chi connectivity index (χ1) is 16.9. The Balaban J connectivity index is 1.89. The number of methoxy groups -OCH3 is 2. The molecular weight excluding hydrogens is 476 g/mol. The van der Waals surface area contributed by atoms with Gasteiger partial charge in [0.15, 0.2) is 0 Å². The van der Waals surface area contributed by atoms with E-state index in [0.717, 1.165) is 57.9 Å². The normalized spacial score (nSPS) is 18.1. The summed E-state index contributed by atoms with van der Waals surface area (Å²) >= 11 is 0. The lowest BCUT2D eigenvalue weighted by molar-refractivity contribution is -0.384. The van der Waals surface area contributed by atoms with Crippen LogP contribution in [0.1, 0.15) is 25.7 Å². The Bertz CT molecular complexity index is 921. The van der Waals surface area contributed by atoms with Crippen molar-refractivity contribution in [1.82, 2.24) is 20.5 Å². The van der Waals surface area contributed by atoms with Crippen molar-refractivity contribution in [2.45, 2.75) is 42.7 Å². The number of nitro benzene ring substituents is 1. The predicted molar refractivity (Wildman–Crippen MR) is 133 cm³/mol. The van der Waals surface area contributed by atoms with Gasteiger partial charge >= 0.3 is 0 Å². The number of nitrogens with one attached hydrogen (secondary N) is 3. The monoisotopic (exact) mass is 514 g/mol. The maximum Gasteiger partial charge on any atom is 0.293 e. The van der Waals surface area contributed by atoms with Crippen LogP contribution in [-0.4, -0.2) is 97.1 Å². The van der Waals surface area contributed by atoms with Crippen molar-refractivity contribution in [2.24, 2.45) is 0 Å². The van der Waals surface area contributed by atoms with Gasteiger partial charge in [0.05, 0.1) is 23.0 Å². The van der Waals surface area contributed by atoms with Gasteiger partial charge < -0.3 is 25.0 Å². The minimum Gasteiger partial charge on any atom is -0.383 e. The number of sulfonamides is 1. The van der Waals surface area contributed by atoms with Crippen molar-refractivity contribution in [1.29, 1.82) is 0 Å². The summed E-state index contributed by atoms with van der Waals surface area (Å²) < 4.78 is 37.0. The number of ether oxygens (including phenoxy) is 2. The van der Waals surface area contributed by atoms with Crippen LogP contribution in [0.5, 0.6) is 0 Å². The lowest BCUT2D eigenvalue weighted by Gasteiger charge is -2.36. The molecule has 0 atom stereocenters. The van der Waals surface area contributed by atoms with Gasteiger partial charge in [-0.2, -0.15) is 0 Å². The van der Waals surface area contributed by atoms with Crippen LogP contribution < -0.4 is 20.4 Å². The van der Waals surface area contributed by atoms with Crippen molar-refractivity contribution < 1.29 is 22.8 Å². The summed E-state index contributed by atoms with van der Waals surface area (Å²) in [5.74, 6) is 0. The van der Waals surface area contributed by atoms with E-state index in [9.17, 15) is 18.5 Å². The highest BCUT2D eigenvalue weighted by Gasteiger charge is 2.31. The largest absolute Gasteiger partial charge is 0.383 e. The Labute approximate surface area is 207 Å². The molecule has 1 aromatic carbocycles. The van der Waals surface area contributed by atoms with E-state index in [1.165, 1.54) is 6.07 Å². The third-order valence-electron chi connectivity index (χ3n) is 6.57. The Hall–Kier alpha value is -1.87. The third-order valence-corrected chi connectivity index (χ3v) is 7.92. The second-order valence-electron chi connectivity index (χ2n) is 8.84. The average molecular weight is 515 g/mol. The lowest BCUT2D eigenvalue weighted by atomic mass is 10.0. The Morgan fingerprint density at radius 1 is 1.00 bits per heavy atom. The van der Waals surface area contributed by atoms with E-state index >= 15 is 0 Å². The number of piperidine rings is 2. The zero-order valence-corrected chi connectivity index (χ0v) is 21.4. The van der Waals surface area contributed by atoms with Crippen molar-refractivity contribution in [3.8, 4) is 0 Å². The molecule has 0 aliphatic carbocycles. The Kier molecular flexibility index (Phi) is 10.6. The van der Waals surface area contributed by atoms with Gasteiger partial charge in [0.2, 0.25) is 0 Å². The van der Waals surface area contributed by atoms with Crippen molar-refractivity contribution in [3.05, 3.63) is 28.3 Å². The average Bonchev–Trinajstić information content (AvgIpc) is 2.87. The first kappa shape index (κ1) is 27.7. The van der Waals surface area contributed by atoms with E-state index < -0.39 is 14.9 Å². The van der Waals surface area contributed by atoms with Crippen LogP contribution in [-0.2, 0) is 19.5 Å². The molecule has 2 saturated heterocycles. The Morgan fingerprint density at radius 3 is 2.14 bits per heavy atom. The summed E-state index contributed by atoms with van der Waals surface area (Å²) in [4.78, 5) is 16.1. The third kappa shape index (κ3) is 7.56. The lowest BCUT2D eigenvalue weighted by Crippen LogP contribution is -2.53. The molecule has 0 saturated carbocycles. The maximum atomic E-state index is 13.3. The molecule has 0 unspecified atom stereocenters. The SMILES string of the molecule is COCCN(NS(=O)(=O)c1ccc(N(CCOC)C2CCNCC2)c([N+](=O)[O-])c1)C1CCNCC1. The van der Waals surface area contributed by atoms with E-state index in [1.54, 1.807) is 25.3 Å². The van der Waals surface area contributed by atoms with E-state index in [2.05, 4.69) is 15.5 Å². The zero-order valence-electron chi connectivity index (χ0n) is 20.6. The first-order valence-electron chi connectivity index (χ1n) is 12.1. The van der Waals surface area contributed by atoms with Gasteiger partial charge in [-0.3, -0.25) is 10.1 Å². The first-order valence-corrected chi connectivity index (χ1v) is 13.6. The van der Waals surface area contributed by atoms with Gasteiger partial charge in [-0.05, 0) is 64.0 Å². The van der Waals surface area contributed by atoms with Crippen LogP contribution in [0, 0.1) is 10.1 Å². The highest BCUT2D eigenvalue weighted by molar-refractivity contribution is 7.89. The van der Waals surface area contributed by atoms with Gasteiger partial charge in [-0.1, -0.05) is 0 Å². The van der Waals surface area contributed by atoms with E-state index in [0.29, 0.717) is 32.0 Å². The number of rotatable bonds is 13. The second kappa shape index (κ2) is 13.4. The van der Waals surface area contributed by atoms with E-state index in [4.69, 9.17) is 9.47 Å². The molecule has 13 heteroatoms. The molecule has 0 spiro atoms. The van der Waals surface area contributed by atoms with Crippen molar-refractivity contribution in [2.75, 3.05) is 71.6 Å². The highest BCUT2D eigenvalue weighted by Crippen LogP contribution is 2.33. The molecule has 2 aliphatic rings. The van der Waals surface area contributed by atoms with E-state index in [-0.39, 0.29) is 22.7 Å².